The van der Waals surface area contributed by atoms with Crippen molar-refractivity contribution < 1.29 is 9.59 Å². The first-order valence-corrected chi connectivity index (χ1v) is 8.23. The predicted octanol–water partition coefficient (Wildman–Crippen LogP) is 4.20. The van der Waals surface area contributed by atoms with E-state index in [0.717, 1.165) is 11.1 Å². The van der Waals surface area contributed by atoms with Crippen molar-refractivity contribution in [2.45, 2.75) is 13.8 Å². The van der Waals surface area contributed by atoms with E-state index in [0.29, 0.717) is 22.5 Å². The summed E-state index contributed by atoms with van der Waals surface area (Å²) >= 11 is 0. The molecule has 2 N–H and O–H groups in total. The Morgan fingerprint density at radius 3 is 2.23 bits per heavy atom. The number of pyridine rings is 1. The molecule has 5 heteroatoms. The van der Waals surface area contributed by atoms with Crippen LogP contribution in [0.3, 0.4) is 0 Å². The molecule has 0 saturated heterocycles. The second kappa shape index (κ2) is 7.61. The predicted molar refractivity (Wildman–Crippen MR) is 103 cm³/mol. The van der Waals surface area contributed by atoms with Crippen LogP contribution in [0.25, 0.3) is 0 Å². The normalized spacial score (nSPS) is 10.2. The average molecular weight is 345 g/mol. The summed E-state index contributed by atoms with van der Waals surface area (Å²) in [6, 6.07) is 16.1. The first-order chi connectivity index (χ1) is 12.5. The van der Waals surface area contributed by atoms with Gasteiger partial charge < -0.3 is 10.6 Å². The lowest BCUT2D eigenvalue weighted by molar-refractivity contribution is 0.101. The molecule has 3 aromatic rings. The van der Waals surface area contributed by atoms with Gasteiger partial charge in [-0.05, 0) is 55.8 Å². The lowest BCUT2D eigenvalue weighted by Gasteiger charge is -2.10. The summed E-state index contributed by atoms with van der Waals surface area (Å²) in [7, 11) is 0. The fourth-order valence-electron chi connectivity index (χ4n) is 2.64. The van der Waals surface area contributed by atoms with Crippen molar-refractivity contribution in [1.29, 1.82) is 0 Å². The van der Waals surface area contributed by atoms with Crippen molar-refractivity contribution in [2.24, 2.45) is 0 Å². The number of benzene rings is 2. The van der Waals surface area contributed by atoms with Crippen molar-refractivity contribution in [1.82, 2.24) is 4.98 Å². The third-order valence-corrected chi connectivity index (χ3v) is 3.93. The van der Waals surface area contributed by atoms with Gasteiger partial charge in [0.1, 0.15) is 0 Å². The number of anilines is 2. The minimum atomic E-state index is -0.254. The standard InChI is InChI=1S/C21H19N3O2/c1-14-8-9-19(15(2)11-14)21(26)24-18-7-3-6-17(12-18)23-20(25)16-5-4-10-22-13-16/h3-13H,1-2H3,(H,23,25)(H,24,26). The zero-order valence-corrected chi connectivity index (χ0v) is 14.6. The highest BCUT2D eigenvalue weighted by Crippen LogP contribution is 2.18. The molecular formula is C21H19N3O2. The highest BCUT2D eigenvalue weighted by molar-refractivity contribution is 6.06. The maximum atomic E-state index is 12.5. The molecule has 0 atom stereocenters. The van der Waals surface area contributed by atoms with E-state index < -0.39 is 0 Å². The maximum absolute atomic E-state index is 12.5. The summed E-state index contributed by atoms with van der Waals surface area (Å²) in [5.74, 6) is -0.436. The molecule has 0 aliphatic rings. The third-order valence-electron chi connectivity index (χ3n) is 3.93. The van der Waals surface area contributed by atoms with E-state index in [1.165, 1.54) is 6.20 Å². The van der Waals surface area contributed by atoms with Crippen LogP contribution in [0.15, 0.2) is 67.0 Å². The molecule has 0 aliphatic carbocycles. The number of hydrogen-bond acceptors (Lipinski definition) is 3. The van der Waals surface area contributed by atoms with Crippen molar-refractivity contribution in [2.75, 3.05) is 10.6 Å². The molecule has 130 valence electrons. The van der Waals surface area contributed by atoms with Gasteiger partial charge in [-0.2, -0.15) is 0 Å². The van der Waals surface area contributed by atoms with E-state index in [-0.39, 0.29) is 11.8 Å². The number of carbonyl (C=O) groups excluding carboxylic acids is 2. The van der Waals surface area contributed by atoms with Gasteiger partial charge in [0, 0.05) is 29.3 Å². The Labute approximate surface area is 152 Å². The van der Waals surface area contributed by atoms with Gasteiger partial charge in [-0.15, -0.1) is 0 Å². The largest absolute Gasteiger partial charge is 0.322 e. The molecule has 0 bridgehead atoms. The lowest BCUT2D eigenvalue weighted by atomic mass is 10.1. The Hall–Kier alpha value is -3.47. The first-order valence-electron chi connectivity index (χ1n) is 8.23. The van der Waals surface area contributed by atoms with Crippen LogP contribution in [0.5, 0.6) is 0 Å². The fourth-order valence-corrected chi connectivity index (χ4v) is 2.64. The molecular weight excluding hydrogens is 326 g/mol. The second-order valence-corrected chi connectivity index (χ2v) is 6.05. The third kappa shape index (κ3) is 4.13. The lowest BCUT2D eigenvalue weighted by Crippen LogP contribution is -2.15. The summed E-state index contributed by atoms with van der Waals surface area (Å²) in [6.07, 6.45) is 3.11. The maximum Gasteiger partial charge on any atom is 0.257 e. The molecule has 1 aromatic heterocycles. The quantitative estimate of drug-likeness (QED) is 0.744. The Balaban J connectivity index is 1.73. The number of rotatable bonds is 4. The van der Waals surface area contributed by atoms with Crippen LogP contribution in [0.2, 0.25) is 0 Å². The topological polar surface area (TPSA) is 71.1 Å². The summed E-state index contributed by atoms with van der Waals surface area (Å²) < 4.78 is 0. The van der Waals surface area contributed by atoms with Crippen LogP contribution >= 0.6 is 0 Å². The average Bonchev–Trinajstić information content (AvgIpc) is 2.62. The fraction of sp³-hybridized carbons (Fsp3) is 0.0952. The first kappa shape index (κ1) is 17.4. The SMILES string of the molecule is Cc1ccc(C(=O)Nc2cccc(NC(=O)c3cccnc3)c2)c(C)c1. The number of aryl methyl sites for hydroxylation is 2. The minimum absolute atomic E-state index is 0.182. The van der Waals surface area contributed by atoms with Crippen LogP contribution in [-0.2, 0) is 0 Å². The van der Waals surface area contributed by atoms with E-state index in [2.05, 4.69) is 15.6 Å². The van der Waals surface area contributed by atoms with E-state index in [4.69, 9.17) is 0 Å². The van der Waals surface area contributed by atoms with Crippen LogP contribution in [0.4, 0.5) is 11.4 Å². The number of nitrogens with one attached hydrogen (secondary N) is 2. The number of nitrogens with zero attached hydrogens (tertiary/aromatic N) is 1. The highest BCUT2D eigenvalue weighted by Gasteiger charge is 2.10. The molecule has 2 amide bonds. The number of amides is 2. The van der Waals surface area contributed by atoms with Gasteiger partial charge >= 0.3 is 0 Å². The summed E-state index contributed by atoms with van der Waals surface area (Å²) in [4.78, 5) is 28.6. The molecule has 2 aromatic carbocycles. The van der Waals surface area contributed by atoms with Crippen molar-refractivity contribution in [3.05, 3.63) is 89.2 Å². The molecule has 1 heterocycles. The molecule has 0 unspecified atom stereocenters. The van der Waals surface area contributed by atoms with E-state index in [1.807, 2.05) is 32.0 Å². The molecule has 26 heavy (non-hydrogen) atoms. The highest BCUT2D eigenvalue weighted by atomic mass is 16.2. The Bertz CT molecular complexity index is 952. The molecule has 0 spiro atoms. The van der Waals surface area contributed by atoms with Gasteiger partial charge in [0.15, 0.2) is 0 Å². The van der Waals surface area contributed by atoms with E-state index in [9.17, 15) is 9.59 Å². The van der Waals surface area contributed by atoms with Crippen LogP contribution in [-0.4, -0.2) is 16.8 Å². The van der Waals surface area contributed by atoms with Gasteiger partial charge in [-0.1, -0.05) is 23.8 Å². The number of hydrogen-bond donors (Lipinski definition) is 2. The van der Waals surface area contributed by atoms with Gasteiger partial charge in [0.05, 0.1) is 5.56 Å². The molecule has 0 radical (unpaired) electrons. The zero-order valence-electron chi connectivity index (χ0n) is 14.6. The van der Waals surface area contributed by atoms with Crippen LogP contribution in [0.1, 0.15) is 31.8 Å². The molecule has 5 nitrogen and oxygen atoms in total. The number of carbonyl (C=O) groups is 2. The van der Waals surface area contributed by atoms with Gasteiger partial charge in [0.25, 0.3) is 11.8 Å². The van der Waals surface area contributed by atoms with Crippen molar-refractivity contribution in [3.63, 3.8) is 0 Å². The Kier molecular flexibility index (Phi) is 5.08. The molecule has 0 aliphatic heterocycles. The Morgan fingerprint density at radius 1 is 0.846 bits per heavy atom. The summed E-state index contributed by atoms with van der Waals surface area (Å²) in [5, 5.41) is 5.67. The summed E-state index contributed by atoms with van der Waals surface area (Å²) in [6.45, 7) is 3.90. The van der Waals surface area contributed by atoms with E-state index >= 15 is 0 Å². The molecule has 0 saturated carbocycles. The van der Waals surface area contributed by atoms with Gasteiger partial charge in [-0.3, -0.25) is 14.6 Å². The number of aromatic nitrogens is 1. The van der Waals surface area contributed by atoms with E-state index in [1.54, 1.807) is 42.6 Å². The van der Waals surface area contributed by atoms with Gasteiger partial charge in [-0.25, -0.2) is 0 Å². The second-order valence-electron chi connectivity index (χ2n) is 6.05. The molecule has 3 rings (SSSR count). The monoisotopic (exact) mass is 345 g/mol. The van der Waals surface area contributed by atoms with Crippen molar-refractivity contribution >= 4 is 23.2 Å². The zero-order chi connectivity index (χ0) is 18.5. The Morgan fingerprint density at radius 2 is 1.58 bits per heavy atom. The van der Waals surface area contributed by atoms with Crippen molar-refractivity contribution in [3.8, 4) is 0 Å². The van der Waals surface area contributed by atoms with Gasteiger partial charge in [0.2, 0.25) is 0 Å². The van der Waals surface area contributed by atoms with Crippen LogP contribution in [0, 0.1) is 13.8 Å². The molecule has 0 fully saturated rings. The smallest absolute Gasteiger partial charge is 0.257 e. The summed E-state index contributed by atoms with van der Waals surface area (Å²) in [5.41, 5.74) is 4.33. The van der Waals surface area contributed by atoms with Crippen LogP contribution < -0.4 is 10.6 Å². The minimum Gasteiger partial charge on any atom is -0.322 e.